The van der Waals surface area contributed by atoms with Crippen molar-refractivity contribution in [2.75, 3.05) is 7.11 Å². The minimum absolute atomic E-state index is 0.0959. The summed E-state index contributed by atoms with van der Waals surface area (Å²) in [6.45, 7) is 4.34. The van der Waals surface area contributed by atoms with Gasteiger partial charge in [0.1, 0.15) is 17.1 Å². The van der Waals surface area contributed by atoms with Gasteiger partial charge >= 0.3 is 0 Å². The molecule has 1 aromatic heterocycles. The van der Waals surface area contributed by atoms with Crippen LogP contribution < -0.4 is 4.74 Å². The second-order valence-electron chi connectivity index (χ2n) is 6.20. The predicted octanol–water partition coefficient (Wildman–Crippen LogP) is 5.10. The highest BCUT2D eigenvalue weighted by Crippen LogP contribution is 2.38. The smallest absolute Gasteiger partial charge is 0.146 e. The molecule has 3 nitrogen and oxygen atoms in total. The van der Waals surface area contributed by atoms with Gasteiger partial charge in [-0.2, -0.15) is 0 Å². The third-order valence-corrected chi connectivity index (χ3v) is 4.83. The molecule has 0 N–H and O–H groups in total. The topological polar surface area (TPSA) is 27.1 Å². The standard InChI is InChI=1S/C17H23ClN2O/c1-11-7-9-13(10-8-11)20-14-5-4-6-15(21-3)16(14)19-17(20)12(2)18/h4-6,11-13H,7-10H2,1-3H3. The van der Waals surface area contributed by atoms with Gasteiger partial charge in [-0.15, -0.1) is 11.6 Å². The Morgan fingerprint density at radius 3 is 2.62 bits per heavy atom. The molecular formula is C17H23ClN2O. The number of methoxy groups -OCH3 is 1. The average Bonchev–Trinajstić information content (AvgIpc) is 2.87. The fourth-order valence-electron chi connectivity index (χ4n) is 3.44. The predicted molar refractivity (Wildman–Crippen MR) is 87.2 cm³/mol. The lowest BCUT2D eigenvalue weighted by Crippen LogP contribution is -2.18. The van der Waals surface area contributed by atoms with Crippen LogP contribution in [-0.2, 0) is 0 Å². The number of aromatic nitrogens is 2. The van der Waals surface area contributed by atoms with Crippen molar-refractivity contribution in [3.05, 3.63) is 24.0 Å². The maximum atomic E-state index is 6.40. The van der Waals surface area contributed by atoms with Crippen LogP contribution in [0, 0.1) is 5.92 Å². The van der Waals surface area contributed by atoms with Gasteiger partial charge in [-0.05, 0) is 50.7 Å². The first-order chi connectivity index (χ1) is 10.1. The van der Waals surface area contributed by atoms with Crippen molar-refractivity contribution in [3.63, 3.8) is 0 Å². The number of para-hydroxylation sites is 1. The van der Waals surface area contributed by atoms with Gasteiger partial charge in [0.05, 0.1) is 18.0 Å². The highest BCUT2D eigenvalue weighted by molar-refractivity contribution is 6.20. The Balaban J connectivity index is 2.12. The summed E-state index contributed by atoms with van der Waals surface area (Å²) in [4.78, 5) is 4.78. The van der Waals surface area contributed by atoms with E-state index >= 15 is 0 Å². The molecule has 1 fully saturated rings. The molecule has 21 heavy (non-hydrogen) atoms. The van der Waals surface area contributed by atoms with Crippen molar-refractivity contribution in [3.8, 4) is 5.75 Å². The molecule has 1 aliphatic carbocycles. The first-order valence-corrected chi connectivity index (χ1v) is 8.24. The lowest BCUT2D eigenvalue weighted by molar-refractivity contribution is 0.289. The number of ether oxygens (including phenoxy) is 1. The van der Waals surface area contributed by atoms with Crippen LogP contribution in [0.2, 0.25) is 0 Å². The Morgan fingerprint density at radius 1 is 1.29 bits per heavy atom. The van der Waals surface area contributed by atoms with Gasteiger partial charge in [-0.3, -0.25) is 0 Å². The van der Waals surface area contributed by atoms with E-state index in [4.69, 9.17) is 21.3 Å². The second-order valence-corrected chi connectivity index (χ2v) is 6.85. The molecule has 0 aliphatic heterocycles. The number of fused-ring (bicyclic) bond motifs is 1. The molecule has 3 rings (SSSR count). The molecule has 1 atom stereocenters. The summed E-state index contributed by atoms with van der Waals surface area (Å²) in [6, 6.07) is 6.64. The fourth-order valence-corrected chi connectivity index (χ4v) is 3.59. The largest absolute Gasteiger partial charge is 0.494 e. The third-order valence-electron chi connectivity index (χ3n) is 4.64. The molecule has 2 aromatic rings. The molecule has 4 heteroatoms. The van der Waals surface area contributed by atoms with E-state index in [0.717, 1.165) is 28.5 Å². The summed E-state index contributed by atoms with van der Waals surface area (Å²) < 4.78 is 7.82. The molecule has 0 saturated heterocycles. The molecule has 0 amide bonds. The van der Waals surface area contributed by atoms with E-state index < -0.39 is 0 Å². The van der Waals surface area contributed by atoms with E-state index in [9.17, 15) is 0 Å². The van der Waals surface area contributed by atoms with Crippen molar-refractivity contribution in [2.24, 2.45) is 5.92 Å². The minimum atomic E-state index is -0.0959. The molecule has 1 aliphatic rings. The van der Waals surface area contributed by atoms with Crippen LogP contribution in [0.15, 0.2) is 18.2 Å². The SMILES string of the molecule is COc1cccc2c1nc(C(C)Cl)n2C1CCC(C)CC1. The highest BCUT2D eigenvalue weighted by atomic mass is 35.5. The number of halogens is 1. The number of hydrogen-bond acceptors (Lipinski definition) is 2. The number of alkyl halides is 1. The summed E-state index contributed by atoms with van der Waals surface area (Å²) in [5, 5.41) is -0.0959. The van der Waals surface area contributed by atoms with Crippen LogP contribution in [0.5, 0.6) is 5.75 Å². The monoisotopic (exact) mass is 306 g/mol. The van der Waals surface area contributed by atoms with Gasteiger partial charge in [-0.1, -0.05) is 13.0 Å². The number of hydrogen-bond donors (Lipinski definition) is 0. The van der Waals surface area contributed by atoms with Gasteiger partial charge in [0, 0.05) is 6.04 Å². The zero-order valence-corrected chi connectivity index (χ0v) is 13.7. The molecule has 0 spiro atoms. The second kappa shape index (κ2) is 5.88. The Bertz CT molecular complexity index is 627. The third kappa shape index (κ3) is 2.64. The molecule has 1 unspecified atom stereocenters. The number of benzene rings is 1. The average molecular weight is 307 g/mol. The zero-order chi connectivity index (χ0) is 15.0. The van der Waals surface area contributed by atoms with E-state index in [2.05, 4.69) is 17.6 Å². The first kappa shape index (κ1) is 14.7. The number of imidazole rings is 1. The van der Waals surface area contributed by atoms with Crippen LogP contribution >= 0.6 is 11.6 Å². The summed E-state index contributed by atoms with van der Waals surface area (Å²) in [5.74, 6) is 2.63. The van der Waals surface area contributed by atoms with Crippen molar-refractivity contribution in [1.82, 2.24) is 9.55 Å². The van der Waals surface area contributed by atoms with E-state index in [0.29, 0.717) is 6.04 Å². The van der Waals surface area contributed by atoms with Crippen molar-refractivity contribution in [1.29, 1.82) is 0 Å². The maximum absolute atomic E-state index is 6.40. The number of nitrogens with zero attached hydrogens (tertiary/aromatic N) is 2. The molecule has 0 bridgehead atoms. The molecule has 1 saturated carbocycles. The van der Waals surface area contributed by atoms with E-state index in [1.54, 1.807) is 7.11 Å². The van der Waals surface area contributed by atoms with Gasteiger partial charge in [-0.25, -0.2) is 4.98 Å². The lowest BCUT2D eigenvalue weighted by Gasteiger charge is -2.29. The lowest BCUT2D eigenvalue weighted by atomic mass is 9.87. The Hall–Kier alpha value is -1.22. The van der Waals surface area contributed by atoms with Gasteiger partial charge < -0.3 is 9.30 Å². The van der Waals surface area contributed by atoms with Gasteiger partial charge in [0.2, 0.25) is 0 Å². The van der Waals surface area contributed by atoms with Crippen LogP contribution in [0.4, 0.5) is 0 Å². The van der Waals surface area contributed by atoms with Crippen LogP contribution in [0.25, 0.3) is 11.0 Å². The summed E-state index contributed by atoms with van der Waals surface area (Å²) in [5.41, 5.74) is 2.08. The van der Waals surface area contributed by atoms with Crippen LogP contribution in [0.3, 0.4) is 0 Å². The molecule has 114 valence electrons. The van der Waals surface area contributed by atoms with E-state index in [1.807, 2.05) is 19.1 Å². The van der Waals surface area contributed by atoms with E-state index in [1.165, 1.54) is 25.7 Å². The fraction of sp³-hybridized carbons (Fsp3) is 0.588. The van der Waals surface area contributed by atoms with Crippen LogP contribution in [-0.4, -0.2) is 16.7 Å². The van der Waals surface area contributed by atoms with Gasteiger partial charge in [0.25, 0.3) is 0 Å². The summed E-state index contributed by atoms with van der Waals surface area (Å²) in [6.07, 6.45) is 4.98. The number of rotatable bonds is 3. The normalized spacial score (nSPS) is 24.2. The van der Waals surface area contributed by atoms with Crippen molar-refractivity contribution >= 4 is 22.6 Å². The van der Waals surface area contributed by atoms with Gasteiger partial charge in [0.15, 0.2) is 0 Å². The summed E-state index contributed by atoms with van der Waals surface area (Å²) in [7, 11) is 1.69. The molecular weight excluding hydrogens is 284 g/mol. The van der Waals surface area contributed by atoms with E-state index in [-0.39, 0.29) is 5.38 Å². The first-order valence-electron chi connectivity index (χ1n) is 7.80. The quantitative estimate of drug-likeness (QED) is 0.738. The van der Waals surface area contributed by atoms with Crippen LogP contribution in [0.1, 0.15) is 56.8 Å². The molecule has 1 aromatic carbocycles. The van der Waals surface area contributed by atoms with Crippen molar-refractivity contribution < 1.29 is 4.74 Å². The Labute approximate surface area is 131 Å². The maximum Gasteiger partial charge on any atom is 0.146 e. The van der Waals surface area contributed by atoms with Crippen molar-refractivity contribution in [2.45, 2.75) is 50.9 Å². The molecule has 0 radical (unpaired) electrons. The molecule has 1 heterocycles. The Kier molecular flexibility index (Phi) is 4.12. The minimum Gasteiger partial charge on any atom is -0.494 e. The Morgan fingerprint density at radius 2 is 2.00 bits per heavy atom. The summed E-state index contributed by atoms with van der Waals surface area (Å²) >= 11 is 6.40. The highest BCUT2D eigenvalue weighted by Gasteiger charge is 2.26. The zero-order valence-electron chi connectivity index (χ0n) is 13.0.